The quantitative estimate of drug-likeness (QED) is 0.777. The third-order valence-corrected chi connectivity index (χ3v) is 4.02. The molecule has 1 aromatic rings. The third-order valence-electron chi connectivity index (χ3n) is 4.02. The van der Waals surface area contributed by atoms with Crippen LogP contribution in [-0.2, 0) is 17.6 Å². The highest BCUT2D eigenvalue weighted by Gasteiger charge is 2.14. The average molecular weight is 263 g/mol. The maximum atomic E-state index is 11.6. The lowest BCUT2D eigenvalue weighted by molar-refractivity contribution is 0.0594. The topological polar surface area (TPSA) is 42.1 Å². The van der Waals surface area contributed by atoms with Crippen LogP contribution in [0.15, 0.2) is 6.07 Å². The van der Waals surface area contributed by atoms with Crippen LogP contribution in [0, 0.1) is 0 Å². The van der Waals surface area contributed by atoms with E-state index < -0.39 is 0 Å². The van der Waals surface area contributed by atoms with E-state index in [0.717, 1.165) is 12.8 Å². The fourth-order valence-electron chi connectivity index (χ4n) is 2.88. The Morgan fingerprint density at radius 2 is 1.58 bits per heavy atom. The van der Waals surface area contributed by atoms with Crippen molar-refractivity contribution in [2.45, 2.75) is 64.2 Å². The molecule has 0 aliphatic heterocycles. The number of H-pyrrole nitrogens is 1. The van der Waals surface area contributed by atoms with Crippen molar-refractivity contribution in [1.82, 2.24) is 4.98 Å². The molecule has 19 heavy (non-hydrogen) atoms. The molecule has 2 rings (SSSR count). The lowest BCUT2D eigenvalue weighted by atomic mass is 10.00. The molecular weight excluding hydrogens is 238 g/mol. The van der Waals surface area contributed by atoms with Gasteiger partial charge >= 0.3 is 5.97 Å². The molecule has 0 bridgehead atoms. The largest absolute Gasteiger partial charge is 0.464 e. The Hall–Kier alpha value is -1.25. The van der Waals surface area contributed by atoms with Crippen LogP contribution in [-0.4, -0.2) is 18.1 Å². The van der Waals surface area contributed by atoms with Gasteiger partial charge in [-0.3, -0.25) is 0 Å². The molecular formula is C16H25NO2. The van der Waals surface area contributed by atoms with E-state index in [2.05, 4.69) is 4.98 Å². The van der Waals surface area contributed by atoms with Gasteiger partial charge in [0.25, 0.3) is 0 Å². The number of aromatic nitrogens is 1. The zero-order chi connectivity index (χ0) is 13.5. The van der Waals surface area contributed by atoms with Gasteiger partial charge in [0, 0.05) is 5.69 Å². The van der Waals surface area contributed by atoms with Crippen molar-refractivity contribution in [3.05, 3.63) is 23.0 Å². The van der Waals surface area contributed by atoms with Gasteiger partial charge in [-0.15, -0.1) is 0 Å². The van der Waals surface area contributed by atoms with Crippen LogP contribution in [0.2, 0.25) is 0 Å². The Labute approximate surface area is 115 Å². The summed E-state index contributed by atoms with van der Waals surface area (Å²) in [4.78, 5) is 14.9. The summed E-state index contributed by atoms with van der Waals surface area (Å²) in [5.41, 5.74) is 3.18. The van der Waals surface area contributed by atoms with Gasteiger partial charge < -0.3 is 9.72 Å². The lowest BCUT2D eigenvalue weighted by Gasteiger charge is -2.07. The molecule has 0 fully saturated rings. The number of hydrogen-bond donors (Lipinski definition) is 1. The van der Waals surface area contributed by atoms with E-state index in [0.29, 0.717) is 5.69 Å². The maximum absolute atomic E-state index is 11.6. The normalized spacial score (nSPS) is 17.9. The first-order chi connectivity index (χ1) is 9.31. The predicted molar refractivity (Wildman–Crippen MR) is 76.5 cm³/mol. The second-order valence-corrected chi connectivity index (χ2v) is 5.51. The summed E-state index contributed by atoms with van der Waals surface area (Å²) in [6.45, 7) is 0. The SMILES string of the molecule is COC(=O)c1cc2c([nH]1)CCCCCCCCCC2. The van der Waals surface area contributed by atoms with Crippen LogP contribution in [0.1, 0.15) is 73.1 Å². The molecule has 0 spiro atoms. The van der Waals surface area contributed by atoms with E-state index in [4.69, 9.17) is 4.74 Å². The van der Waals surface area contributed by atoms with Crippen molar-refractivity contribution >= 4 is 5.97 Å². The van der Waals surface area contributed by atoms with Crippen molar-refractivity contribution < 1.29 is 9.53 Å². The number of methoxy groups -OCH3 is 1. The summed E-state index contributed by atoms with van der Waals surface area (Å²) in [7, 11) is 1.44. The van der Waals surface area contributed by atoms with Crippen LogP contribution < -0.4 is 0 Å². The second-order valence-electron chi connectivity index (χ2n) is 5.51. The maximum Gasteiger partial charge on any atom is 0.354 e. The van der Waals surface area contributed by atoms with E-state index in [1.54, 1.807) is 0 Å². The van der Waals surface area contributed by atoms with Crippen LogP contribution in [0.3, 0.4) is 0 Å². The van der Waals surface area contributed by atoms with Crippen molar-refractivity contribution in [3.8, 4) is 0 Å². The van der Waals surface area contributed by atoms with Crippen molar-refractivity contribution in [2.24, 2.45) is 0 Å². The first kappa shape index (κ1) is 14.2. The molecule has 1 N–H and O–H groups in total. The first-order valence-electron chi connectivity index (χ1n) is 7.60. The Kier molecular flexibility index (Phi) is 5.49. The molecule has 3 nitrogen and oxygen atoms in total. The van der Waals surface area contributed by atoms with E-state index >= 15 is 0 Å². The van der Waals surface area contributed by atoms with Gasteiger partial charge in [0.05, 0.1) is 7.11 Å². The molecule has 1 aromatic heterocycles. The second kappa shape index (κ2) is 7.37. The summed E-state index contributed by atoms with van der Waals surface area (Å²) in [5, 5.41) is 0. The molecule has 1 heterocycles. The fraction of sp³-hybridized carbons (Fsp3) is 0.688. The number of aromatic amines is 1. The van der Waals surface area contributed by atoms with E-state index in [1.807, 2.05) is 6.07 Å². The molecule has 3 heteroatoms. The Morgan fingerprint density at radius 3 is 2.21 bits per heavy atom. The van der Waals surface area contributed by atoms with Gasteiger partial charge in [-0.1, -0.05) is 38.5 Å². The highest BCUT2D eigenvalue weighted by molar-refractivity contribution is 5.87. The van der Waals surface area contributed by atoms with E-state index in [1.165, 1.54) is 69.7 Å². The Morgan fingerprint density at radius 1 is 1.00 bits per heavy atom. The molecule has 0 unspecified atom stereocenters. The number of esters is 1. The van der Waals surface area contributed by atoms with Gasteiger partial charge in [-0.05, 0) is 37.3 Å². The summed E-state index contributed by atoms with van der Waals surface area (Å²) in [5.74, 6) is -0.253. The van der Waals surface area contributed by atoms with Crippen molar-refractivity contribution in [1.29, 1.82) is 0 Å². The summed E-state index contributed by atoms with van der Waals surface area (Å²) >= 11 is 0. The average Bonchev–Trinajstić information content (AvgIpc) is 2.81. The fourth-order valence-corrected chi connectivity index (χ4v) is 2.88. The predicted octanol–water partition coefficient (Wildman–Crippen LogP) is 4.02. The third kappa shape index (κ3) is 4.12. The molecule has 0 saturated heterocycles. The van der Waals surface area contributed by atoms with Gasteiger partial charge in [0.2, 0.25) is 0 Å². The molecule has 1 aliphatic rings. The van der Waals surface area contributed by atoms with E-state index in [-0.39, 0.29) is 5.97 Å². The minimum absolute atomic E-state index is 0.253. The molecule has 0 amide bonds. The number of hydrogen-bond acceptors (Lipinski definition) is 2. The minimum atomic E-state index is -0.253. The Bertz CT molecular complexity index is 379. The van der Waals surface area contributed by atoms with Crippen molar-refractivity contribution in [2.75, 3.05) is 7.11 Å². The molecule has 1 aliphatic carbocycles. The van der Waals surface area contributed by atoms with Gasteiger partial charge in [-0.2, -0.15) is 0 Å². The first-order valence-corrected chi connectivity index (χ1v) is 7.60. The number of fused-ring (bicyclic) bond motifs is 1. The molecule has 0 saturated carbocycles. The summed E-state index contributed by atoms with van der Waals surface area (Å²) in [6, 6.07) is 1.99. The highest BCUT2D eigenvalue weighted by Crippen LogP contribution is 2.20. The molecule has 0 radical (unpaired) electrons. The van der Waals surface area contributed by atoms with Gasteiger partial charge in [0.15, 0.2) is 0 Å². The zero-order valence-corrected chi connectivity index (χ0v) is 12.0. The minimum Gasteiger partial charge on any atom is -0.464 e. The number of rotatable bonds is 1. The number of carbonyl (C=O) groups excluding carboxylic acids is 1. The molecule has 0 aromatic carbocycles. The number of carbonyl (C=O) groups is 1. The monoisotopic (exact) mass is 263 g/mol. The molecule has 106 valence electrons. The lowest BCUT2D eigenvalue weighted by Crippen LogP contribution is -2.01. The summed E-state index contributed by atoms with van der Waals surface area (Å²) < 4.78 is 4.80. The number of ether oxygens (including phenoxy) is 1. The Balaban J connectivity index is 2.08. The smallest absolute Gasteiger partial charge is 0.354 e. The zero-order valence-electron chi connectivity index (χ0n) is 12.0. The molecule has 0 atom stereocenters. The van der Waals surface area contributed by atoms with Gasteiger partial charge in [0.1, 0.15) is 5.69 Å². The standard InChI is InChI=1S/C16H25NO2/c1-19-16(18)15-12-13-10-8-6-4-2-3-5-7-9-11-14(13)17-15/h12,17H,2-11H2,1H3. The van der Waals surface area contributed by atoms with Gasteiger partial charge in [-0.25, -0.2) is 4.79 Å². The van der Waals surface area contributed by atoms with Crippen LogP contribution in [0.5, 0.6) is 0 Å². The van der Waals surface area contributed by atoms with Crippen LogP contribution in [0.25, 0.3) is 0 Å². The van der Waals surface area contributed by atoms with Crippen molar-refractivity contribution in [3.63, 3.8) is 0 Å². The van der Waals surface area contributed by atoms with Crippen LogP contribution in [0.4, 0.5) is 0 Å². The van der Waals surface area contributed by atoms with Crippen LogP contribution >= 0.6 is 0 Å². The summed E-state index contributed by atoms with van der Waals surface area (Å²) in [6.07, 6.45) is 12.7. The van der Waals surface area contributed by atoms with E-state index in [9.17, 15) is 4.79 Å². The number of nitrogens with one attached hydrogen (secondary N) is 1. The number of aryl methyl sites for hydroxylation is 2. The highest BCUT2D eigenvalue weighted by atomic mass is 16.5.